The second-order valence-corrected chi connectivity index (χ2v) is 3.42. The van der Waals surface area contributed by atoms with Crippen LogP contribution in [-0.4, -0.2) is 25.7 Å². The first-order valence-corrected chi connectivity index (χ1v) is 5.22. The van der Waals surface area contributed by atoms with Crippen LogP contribution in [0.3, 0.4) is 0 Å². The Labute approximate surface area is 104 Å². The van der Waals surface area contributed by atoms with Crippen molar-refractivity contribution in [2.24, 2.45) is 0 Å². The smallest absolute Gasteiger partial charge is 0.340 e. The molecule has 0 saturated heterocycles. The van der Waals surface area contributed by atoms with Gasteiger partial charge in [0.1, 0.15) is 12.4 Å². The summed E-state index contributed by atoms with van der Waals surface area (Å²) in [5.41, 5.74) is -0.113. The van der Waals surface area contributed by atoms with Crippen LogP contribution < -0.4 is 0 Å². The van der Waals surface area contributed by atoms with E-state index >= 15 is 0 Å². The largest absolute Gasteiger partial charge is 0.465 e. The molecule has 0 saturated carbocycles. The Balaban J connectivity index is 2.87. The molecule has 4 nitrogen and oxygen atoms in total. The molecule has 18 heavy (non-hydrogen) atoms. The van der Waals surface area contributed by atoms with Gasteiger partial charge in [0.2, 0.25) is 0 Å². The second-order valence-electron chi connectivity index (χ2n) is 3.42. The van der Waals surface area contributed by atoms with Gasteiger partial charge in [-0.1, -0.05) is 24.8 Å². The first-order valence-electron chi connectivity index (χ1n) is 5.22. The number of hydrogen-bond donors (Lipinski definition) is 0. The Morgan fingerprint density at radius 2 is 2.17 bits per heavy atom. The van der Waals surface area contributed by atoms with Crippen molar-refractivity contribution in [3.63, 3.8) is 0 Å². The first-order chi connectivity index (χ1) is 8.60. The van der Waals surface area contributed by atoms with E-state index in [9.17, 15) is 14.0 Å². The SMILES string of the molecule is C=CCOC(=O)Cc1cccc(C(=O)OC)c1F. The summed E-state index contributed by atoms with van der Waals surface area (Å²) in [5, 5.41) is 0. The summed E-state index contributed by atoms with van der Waals surface area (Å²) in [7, 11) is 1.16. The fourth-order valence-electron chi connectivity index (χ4n) is 1.34. The average molecular weight is 252 g/mol. The number of esters is 2. The van der Waals surface area contributed by atoms with Gasteiger partial charge in [0.15, 0.2) is 0 Å². The van der Waals surface area contributed by atoms with Gasteiger partial charge in [-0.3, -0.25) is 4.79 Å². The molecule has 0 fully saturated rings. The Hall–Kier alpha value is -2.17. The van der Waals surface area contributed by atoms with Gasteiger partial charge in [0.05, 0.1) is 19.1 Å². The van der Waals surface area contributed by atoms with Gasteiger partial charge in [-0.2, -0.15) is 0 Å². The standard InChI is InChI=1S/C13H13FO4/c1-3-7-18-11(15)8-9-5-4-6-10(12(9)14)13(16)17-2/h3-6H,1,7-8H2,2H3. The van der Waals surface area contributed by atoms with E-state index < -0.39 is 17.8 Å². The number of carbonyl (C=O) groups excluding carboxylic acids is 2. The minimum atomic E-state index is -0.784. The predicted molar refractivity (Wildman–Crippen MR) is 62.6 cm³/mol. The van der Waals surface area contributed by atoms with Crippen LogP contribution in [0.4, 0.5) is 4.39 Å². The third-order valence-electron chi connectivity index (χ3n) is 2.18. The van der Waals surface area contributed by atoms with Crippen LogP contribution in [0.25, 0.3) is 0 Å². The number of halogens is 1. The van der Waals surface area contributed by atoms with Crippen LogP contribution in [0.1, 0.15) is 15.9 Å². The van der Waals surface area contributed by atoms with E-state index in [-0.39, 0.29) is 24.2 Å². The fourth-order valence-corrected chi connectivity index (χ4v) is 1.34. The molecule has 0 atom stereocenters. The van der Waals surface area contributed by atoms with Crippen LogP contribution in [0, 0.1) is 5.82 Å². The van der Waals surface area contributed by atoms with Crippen molar-refractivity contribution in [1.29, 1.82) is 0 Å². The van der Waals surface area contributed by atoms with Crippen molar-refractivity contribution in [1.82, 2.24) is 0 Å². The minimum Gasteiger partial charge on any atom is -0.465 e. The molecule has 1 aromatic rings. The molecule has 0 N–H and O–H groups in total. The van der Waals surface area contributed by atoms with Gasteiger partial charge in [0, 0.05) is 0 Å². The minimum absolute atomic E-state index is 0.0666. The number of ether oxygens (including phenoxy) is 2. The molecule has 0 heterocycles. The van der Waals surface area contributed by atoms with Crippen molar-refractivity contribution in [2.75, 3.05) is 13.7 Å². The lowest BCUT2D eigenvalue weighted by molar-refractivity contribution is -0.141. The van der Waals surface area contributed by atoms with E-state index in [0.717, 1.165) is 7.11 Å². The molecule has 96 valence electrons. The van der Waals surface area contributed by atoms with Crippen molar-refractivity contribution < 1.29 is 23.5 Å². The Morgan fingerprint density at radius 1 is 1.44 bits per heavy atom. The maximum atomic E-state index is 13.9. The number of rotatable bonds is 5. The molecule has 0 aliphatic rings. The Bertz CT molecular complexity index is 468. The lowest BCUT2D eigenvalue weighted by Gasteiger charge is -2.06. The van der Waals surface area contributed by atoms with Crippen molar-refractivity contribution in [3.05, 3.63) is 47.8 Å². The van der Waals surface area contributed by atoms with E-state index in [1.54, 1.807) is 0 Å². The number of hydrogen-bond acceptors (Lipinski definition) is 4. The Morgan fingerprint density at radius 3 is 2.78 bits per heavy atom. The molecule has 0 unspecified atom stereocenters. The zero-order valence-corrected chi connectivity index (χ0v) is 9.94. The van der Waals surface area contributed by atoms with E-state index in [2.05, 4.69) is 11.3 Å². The number of benzene rings is 1. The van der Waals surface area contributed by atoms with E-state index in [1.807, 2.05) is 0 Å². The van der Waals surface area contributed by atoms with Gasteiger partial charge in [-0.25, -0.2) is 9.18 Å². The van der Waals surface area contributed by atoms with Crippen LogP contribution in [0.2, 0.25) is 0 Å². The maximum absolute atomic E-state index is 13.9. The normalized spacial score (nSPS) is 9.67. The molecule has 0 spiro atoms. The molecule has 0 radical (unpaired) electrons. The third-order valence-corrected chi connectivity index (χ3v) is 2.18. The van der Waals surface area contributed by atoms with Gasteiger partial charge >= 0.3 is 11.9 Å². The molecule has 0 aliphatic heterocycles. The molecule has 1 rings (SSSR count). The van der Waals surface area contributed by atoms with Crippen LogP contribution in [0.5, 0.6) is 0 Å². The van der Waals surface area contributed by atoms with Gasteiger partial charge in [-0.05, 0) is 11.6 Å². The molecule has 1 aromatic carbocycles. The summed E-state index contributed by atoms with van der Waals surface area (Å²) in [6.45, 7) is 3.46. The topological polar surface area (TPSA) is 52.6 Å². The van der Waals surface area contributed by atoms with E-state index in [4.69, 9.17) is 4.74 Å². The fraction of sp³-hybridized carbons (Fsp3) is 0.231. The quantitative estimate of drug-likeness (QED) is 0.593. The van der Waals surface area contributed by atoms with Crippen molar-refractivity contribution in [2.45, 2.75) is 6.42 Å². The lowest BCUT2D eigenvalue weighted by Crippen LogP contribution is -2.12. The van der Waals surface area contributed by atoms with Crippen molar-refractivity contribution >= 4 is 11.9 Å². The van der Waals surface area contributed by atoms with E-state index in [0.29, 0.717) is 0 Å². The van der Waals surface area contributed by atoms with E-state index in [1.165, 1.54) is 24.3 Å². The highest BCUT2D eigenvalue weighted by Crippen LogP contribution is 2.15. The molecule has 5 heteroatoms. The highest BCUT2D eigenvalue weighted by molar-refractivity contribution is 5.90. The average Bonchev–Trinajstić information content (AvgIpc) is 2.38. The Kier molecular flexibility index (Phi) is 5.05. The van der Waals surface area contributed by atoms with Gasteiger partial charge in [0.25, 0.3) is 0 Å². The van der Waals surface area contributed by atoms with Crippen LogP contribution in [-0.2, 0) is 20.7 Å². The summed E-state index contributed by atoms with van der Waals surface area (Å²) < 4.78 is 23.0. The van der Waals surface area contributed by atoms with Crippen molar-refractivity contribution in [3.8, 4) is 0 Å². The third kappa shape index (κ3) is 3.41. The highest BCUT2D eigenvalue weighted by Gasteiger charge is 2.17. The number of carbonyl (C=O) groups is 2. The van der Waals surface area contributed by atoms with Gasteiger partial charge < -0.3 is 9.47 Å². The number of methoxy groups -OCH3 is 1. The predicted octanol–water partition coefficient (Wildman–Crippen LogP) is 1.88. The summed E-state index contributed by atoms with van der Waals surface area (Å²) >= 11 is 0. The highest BCUT2D eigenvalue weighted by atomic mass is 19.1. The summed E-state index contributed by atoms with van der Waals surface area (Å²) in [5.74, 6) is -2.13. The molecule has 0 aromatic heterocycles. The monoisotopic (exact) mass is 252 g/mol. The van der Waals surface area contributed by atoms with Gasteiger partial charge in [-0.15, -0.1) is 0 Å². The molecule has 0 amide bonds. The summed E-state index contributed by atoms with van der Waals surface area (Å²) in [4.78, 5) is 22.6. The second kappa shape index (κ2) is 6.54. The summed E-state index contributed by atoms with van der Waals surface area (Å²) in [6.07, 6.45) is 1.17. The molecule has 0 aliphatic carbocycles. The maximum Gasteiger partial charge on any atom is 0.340 e. The first kappa shape index (κ1) is 13.9. The lowest BCUT2D eigenvalue weighted by atomic mass is 10.1. The molecular formula is C13H13FO4. The molecular weight excluding hydrogens is 239 g/mol. The molecule has 0 bridgehead atoms. The van der Waals surface area contributed by atoms with Crippen LogP contribution in [0.15, 0.2) is 30.9 Å². The zero-order chi connectivity index (χ0) is 13.5. The summed E-state index contributed by atoms with van der Waals surface area (Å²) in [6, 6.07) is 4.18. The zero-order valence-electron chi connectivity index (χ0n) is 9.94. The van der Waals surface area contributed by atoms with Crippen LogP contribution >= 0.6 is 0 Å².